The molecule has 0 fully saturated rings. The molecule has 5 nitrogen and oxygen atoms in total. The summed E-state index contributed by atoms with van der Waals surface area (Å²) in [6.07, 6.45) is -4.55. The number of rotatable bonds is 5. The number of aromatic nitrogens is 2. The fourth-order valence-electron chi connectivity index (χ4n) is 2.43. The smallest absolute Gasteiger partial charge is 0.422 e. The summed E-state index contributed by atoms with van der Waals surface area (Å²) in [4.78, 5) is 12.1. The summed E-state index contributed by atoms with van der Waals surface area (Å²) in [7, 11) is 0. The average molecular weight is 486 g/mol. The fraction of sp³-hybridized carbons (Fsp3) is 0.111. The minimum Gasteiger partial charge on any atom is -0.471 e. The zero-order valence-corrected chi connectivity index (χ0v) is 16.0. The van der Waals surface area contributed by atoms with Crippen molar-refractivity contribution in [2.45, 2.75) is 12.9 Å². The molecule has 0 saturated heterocycles. The quantitative estimate of drug-likeness (QED) is 0.381. The van der Waals surface area contributed by atoms with E-state index in [1.54, 1.807) is 0 Å². The van der Waals surface area contributed by atoms with E-state index in [0.29, 0.717) is 0 Å². The van der Waals surface area contributed by atoms with E-state index in [2.05, 4.69) is 5.10 Å². The zero-order chi connectivity index (χ0) is 23.8. The van der Waals surface area contributed by atoms with Crippen molar-refractivity contribution in [1.29, 1.82) is 0 Å². The lowest BCUT2D eigenvalue weighted by atomic mass is 10.1. The van der Waals surface area contributed by atoms with Crippen LogP contribution in [0.5, 0.6) is 5.75 Å². The van der Waals surface area contributed by atoms with Gasteiger partial charge in [-0.3, -0.25) is 4.79 Å². The Labute approximate surface area is 178 Å². The van der Waals surface area contributed by atoms with Crippen molar-refractivity contribution in [1.82, 2.24) is 9.78 Å². The predicted molar refractivity (Wildman–Crippen MR) is 93.5 cm³/mol. The molecule has 0 unspecified atom stereocenters. The van der Waals surface area contributed by atoms with Crippen LogP contribution >= 0.6 is 11.6 Å². The van der Waals surface area contributed by atoms with E-state index in [9.17, 15) is 39.9 Å². The van der Waals surface area contributed by atoms with Gasteiger partial charge in [-0.25, -0.2) is 26.6 Å². The Morgan fingerprint density at radius 2 is 1.66 bits per heavy atom. The van der Waals surface area contributed by atoms with Crippen molar-refractivity contribution in [3.8, 4) is 5.75 Å². The summed E-state index contributed by atoms with van der Waals surface area (Å²) in [5.74, 6) is -12.3. The van der Waals surface area contributed by atoms with Gasteiger partial charge in [0.25, 0.3) is 5.91 Å². The molecule has 0 aliphatic heterocycles. The summed E-state index contributed by atoms with van der Waals surface area (Å²) in [6.45, 7) is -0.332. The summed E-state index contributed by atoms with van der Waals surface area (Å²) < 4.78 is 112. The number of anilines is 1. The van der Waals surface area contributed by atoms with Crippen LogP contribution in [-0.2, 0) is 12.9 Å². The molecule has 170 valence electrons. The maximum Gasteiger partial charge on any atom is 0.422 e. The molecule has 1 heterocycles. The molecule has 3 rings (SSSR count). The first-order valence-electron chi connectivity index (χ1n) is 8.26. The topological polar surface area (TPSA) is 56.2 Å². The number of alkyl halides is 3. The third kappa shape index (κ3) is 4.61. The van der Waals surface area contributed by atoms with Crippen LogP contribution in [0.1, 0.15) is 16.1 Å². The molecular weight excluding hydrogens is 478 g/mol. The van der Waals surface area contributed by atoms with Crippen molar-refractivity contribution in [2.75, 3.05) is 5.32 Å². The number of carbonyl (C=O) groups excluding carboxylic acids is 1. The van der Waals surface area contributed by atoms with E-state index in [0.717, 1.165) is 22.9 Å². The van der Waals surface area contributed by atoms with Gasteiger partial charge in [-0.2, -0.15) is 18.3 Å². The maximum absolute atomic E-state index is 13.9. The van der Waals surface area contributed by atoms with Crippen LogP contribution < -0.4 is 10.1 Å². The number of ether oxygens (including phenoxy) is 1. The molecule has 0 spiro atoms. The van der Waals surface area contributed by atoms with Crippen LogP contribution in [0.25, 0.3) is 0 Å². The molecule has 0 saturated carbocycles. The second-order valence-corrected chi connectivity index (χ2v) is 6.45. The van der Waals surface area contributed by atoms with Crippen LogP contribution in [0.2, 0.25) is 5.02 Å². The second kappa shape index (κ2) is 8.65. The minimum absolute atomic E-state index is 0.137. The number of benzene rings is 2. The SMILES string of the molecule is O=C(Nc1c(F)c(F)c(C(F)(F)F)c(F)c1F)c1ccn(COc2ccc(F)c(Cl)c2)n1. The summed E-state index contributed by atoms with van der Waals surface area (Å²) >= 11 is 5.59. The summed E-state index contributed by atoms with van der Waals surface area (Å²) in [6, 6.07) is 4.46. The highest BCUT2D eigenvalue weighted by atomic mass is 35.5. The molecule has 3 aromatic rings. The molecule has 1 aromatic heterocycles. The van der Waals surface area contributed by atoms with Gasteiger partial charge in [0, 0.05) is 12.3 Å². The molecule has 0 radical (unpaired) electrons. The van der Waals surface area contributed by atoms with Gasteiger partial charge in [-0.1, -0.05) is 11.6 Å². The van der Waals surface area contributed by atoms with E-state index in [1.807, 2.05) is 0 Å². The minimum atomic E-state index is -5.72. The highest BCUT2D eigenvalue weighted by Crippen LogP contribution is 2.38. The van der Waals surface area contributed by atoms with E-state index in [1.165, 1.54) is 17.6 Å². The van der Waals surface area contributed by atoms with Crippen molar-refractivity contribution >= 4 is 23.2 Å². The normalized spacial score (nSPS) is 11.5. The molecule has 0 aliphatic rings. The lowest BCUT2D eigenvalue weighted by Gasteiger charge is -2.14. The number of carbonyl (C=O) groups is 1. The molecule has 0 aliphatic carbocycles. The van der Waals surface area contributed by atoms with Gasteiger partial charge in [0.2, 0.25) is 0 Å². The Kier molecular flexibility index (Phi) is 6.30. The number of hydrogen-bond acceptors (Lipinski definition) is 3. The van der Waals surface area contributed by atoms with E-state index in [4.69, 9.17) is 16.3 Å². The zero-order valence-electron chi connectivity index (χ0n) is 15.2. The van der Waals surface area contributed by atoms with Gasteiger partial charge in [0.05, 0.1) is 5.02 Å². The Bertz CT molecular complexity index is 1170. The van der Waals surface area contributed by atoms with Crippen molar-refractivity contribution in [3.63, 3.8) is 0 Å². The first kappa shape index (κ1) is 23.3. The first-order valence-corrected chi connectivity index (χ1v) is 8.63. The van der Waals surface area contributed by atoms with E-state index in [-0.39, 0.29) is 17.5 Å². The number of halogens is 9. The van der Waals surface area contributed by atoms with E-state index >= 15 is 0 Å². The van der Waals surface area contributed by atoms with Gasteiger partial charge < -0.3 is 10.1 Å². The van der Waals surface area contributed by atoms with Gasteiger partial charge in [0.15, 0.2) is 35.7 Å². The molecule has 1 N–H and O–H groups in total. The van der Waals surface area contributed by atoms with E-state index < -0.39 is 58.1 Å². The monoisotopic (exact) mass is 485 g/mol. The maximum atomic E-state index is 13.9. The Hall–Kier alpha value is -3.35. The molecule has 1 amide bonds. The molecule has 2 aromatic carbocycles. The largest absolute Gasteiger partial charge is 0.471 e. The standard InChI is InChI=1S/C18H8ClF8N3O2/c19-8-5-7(1-2-9(8)20)32-6-30-4-3-10(29-30)17(31)28-16-14(23)12(21)11(18(25,26)27)13(22)15(16)24/h1-5H,6H2,(H,28,31). The predicted octanol–water partition coefficient (Wildman–Crippen LogP) is 5.54. The lowest BCUT2D eigenvalue weighted by molar-refractivity contribution is -0.143. The van der Waals surface area contributed by atoms with Gasteiger partial charge in [-0.15, -0.1) is 0 Å². The Balaban J connectivity index is 1.77. The highest BCUT2D eigenvalue weighted by Gasteiger charge is 2.42. The summed E-state index contributed by atoms with van der Waals surface area (Å²) in [5.41, 5.74) is -5.05. The lowest BCUT2D eigenvalue weighted by Crippen LogP contribution is -2.20. The summed E-state index contributed by atoms with van der Waals surface area (Å²) in [5, 5.41) is 4.91. The van der Waals surface area contributed by atoms with Crippen LogP contribution in [0.15, 0.2) is 30.5 Å². The van der Waals surface area contributed by atoms with Gasteiger partial charge in [0.1, 0.15) is 22.8 Å². The van der Waals surface area contributed by atoms with Crippen LogP contribution in [0.3, 0.4) is 0 Å². The third-order valence-electron chi connectivity index (χ3n) is 3.91. The van der Waals surface area contributed by atoms with Gasteiger partial charge in [-0.05, 0) is 18.2 Å². The van der Waals surface area contributed by atoms with Crippen molar-refractivity contribution in [2.24, 2.45) is 0 Å². The first-order chi connectivity index (χ1) is 14.9. The number of hydrogen-bond donors (Lipinski definition) is 1. The Morgan fingerprint density at radius 1 is 1.03 bits per heavy atom. The molecule has 0 atom stereocenters. The third-order valence-corrected chi connectivity index (χ3v) is 4.20. The number of nitrogens with zero attached hydrogens (tertiary/aromatic N) is 2. The van der Waals surface area contributed by atoms with Crippen molar-refractivity contribution < 1.29 is 44.7 Å². The van der Waals surface area contributed by atoms with Crippen molar-refractivity contribution in [3.05, 3.63) is 75.8 Å². The molecule has 14 heteroatoms. The molecular formula is C18H8ClF8N3O2. The fourth-order valence-corrected chi connectivity index (χ4v) is 2.60. The molecule has 0 bridgehead atoms. The van der Waals surface area contributed by atoms with Crippen LogP contribution in [0, 0.1) is 29.1 Å². The molecule has 32 heavy (non-hydrogen) atoms. The highest BCUT2D eigenvalue weighted by molar-refractivity contribution is 6.30. The second-order valence-electron chi connectivity index (χ2n) is 6.05. The van der Waals surface area contributed by atoms with Crippen LogP contribution in [-0.4, -0.2) is 15.7 Å². The number of nitrogens with one attached hydrogen (secondary N) is 1. The average Bonchev–Trinajstić information content (AvgIpc) is 3.19. The van der Waals surface area contributed by atoms with Gasteiger partial charge >= 0.3 is 6.18 Å². The van der Waals surface area contributed by atoms with Crippen LogP contribution in [0.4, 0.5) is 40.8 Å². The Morgan fingerprint density at radius 3 is 2.22 bits per heavy atom. The number of amides is 1.